The van der Waals surface area contributed by atoms with E-state index in [1.54, 1.807) is 21.3 Å². The van der Waals surface area contributed by atoms with Gasteiger partial charge in [-0.3, -0.25) is 0 Å². The monoisotopic (exact) mass is 352 g/mol. The highest BCUT2D eigenvalue weighted by Crippen LogP contribution is 2.43. The molecule has 0 amide bonds. The molecule has 0 heterocycles. The summed E-state index contributed by atoms with van der Waals surface area (Å²) in [6.45, 7) is 0. The zero-order chi connectivity index (χ0) is 17.6. The summed E-state index contributed by atoms with van der Waals surface area (Å²) in [4.78, 5) is 0. The summed E-state index contributed by atoms with van der Waals surface area (Å²) in [5.41, 5.74) is 0. The van der Waals surface area contributed by atoms with Crippen molar-refractivity contribution in [2.24, 2.45) is 0 Å². The Kier molecular flexibility index (Phi) is 5.57. The number of hydrogen-bond donors (Lipinski definition) is 0. The van der Waals surface area contributed by atoms with E-state index < -0.39 is 7.92 Å². The van der Waals surface area contributed by atoms with Gasteiger partial charge in [0.05, 0.1) is 21.3 Å². The Morgan fingerprint density at radius 1 is 0.560 bits per heavy atom. The predicted molar refractivity (Wildman–Crippen MR) is 105 cm³/mol. The Morgan fingerprint density at radius 3 is 1.52 bits per heavy atom. The third-order valence-corrected chi connectivity index (χ3v) is 6.42. The van der Waals surface area contributed by atoms with Crippen LogP contribution in [-0.4, -0.2) is 21.3 Å². The van der Waals surface area contributed by atoms with Gasteiger partial charge in [0, 0.05) is 5.30 Å². The summed E-state index contributed by atoms with van der Waals surface area (Å²) in [5.74, 6) is 2.02. The second-order valence-electron chi connectivity index (χ2n) is 5.36. The minimum absolute atomic E-state index is 0.627. The molecule has 0 spiro atoms. The summed E-state index contributed by atoms with van der Waals surface area (Å²) < 4.78 is 16.8. The second-order valence-corrected chi connectivity index (χ2v) is 7.55. The minimum Gasteiger partial charge on any atom is -0.493 e. The van der Waals surface area contributed by atoms with Crippen LogP contribution in [0.3, 0.4) is 0 Å². The van der Waals surface area contributed by atoms with Crippen LogP contribution in [0.2, 0.25) is 0 Å². The standard InChI is InChI=1S/C21H21O3P/c1-22-18-14-15-19(21(24-3)20(18)23-2)25(16-10-6-4-7-11-16)17-12-8-5-9-13-17/h4-15H,1-3H3. The van der Waals surface area contributed by atoms with Crippen molar-refractivity contribution in [3.63, 3.8) is 0 Å². The molecule has 0 atom stereocenters. The summed E-state index contributed by atoms with van der Waals surface area (Å²) in [7, 11) is 4.17. The van der Waals surface area contributed by atoms with Crippen LogP contribution < -0.4 is 30.1 Å². The Hall–Kier alpha value is -2.51. The Labute approximate surface area is 149 Å². The van der Waals surface area contributed by atoms with Gasteiger partial charge in [0.25, 0.3) is 0 Å². The lowest BCUT2D eigenvalue weighted by atomic mass is 10.3. The van der Waals surface area contributed by atoms with Gasteiger partial charge in [0.2, 0.25) is 5.75 Å². The lowest BCUT2D eigenvalue weighted by Gasteiger charge is -2.23. The molecule has 3 nitrogen and oxygen atoms in total. The van der Waals surface area contributed by atoms with Crippen LogP contribution >= 0.6 is 7.92 Å². The van der Waals surface area contributed by atoms with E-state index in [0.717, 1.165) is 11.1 Å². The number of benzene rings is 3. The molecule has 3 rings (SSSR count). The molecule has 0 saturated heterocycles. The highest BCUT2D eigenvalue weighted by atomic mass is 31.1. The van der Waals surface area contributed by atoms with Crippen molar-refractivity contribution in [1.29, 1.82) is 0 Å². The van der Waals surface area contributed by atoms with Crippen molar-refractivity contribution in [2.45, 2.75) is 0 Å². The van der Waals surface area contributed by atoms with Crippen molar-refractivity contribution in [2.75, 3.05) is 21.3 Å². The van der Waals surface area contributed by atoms with E-state index >= 15 is 0 Å². The van der Waals surface area contributed by atoms with Crippen LogP contribution in [-0.2, 0) is 0 Å². The first-order chi connectivity index (χ1) is 12.3. The summed E-state index contributed by atoms with van der Waals surface area (Å²) in [6, 6.07) is 25.0. The average molecular weight is 352 g/mol. The molecule has 25 heavy (non-hydrogen) atoms. The van der Waals surface area contributed by atoms with E-state index in [2.05, 4.69) is 54.6 Å². The van der Waals surface area contributed by atoms with Gasteiger partial charge in [-0.25, -0.2) is 0 Å². The molecule has 3 aromatic carbocycles. The first-order valence-corrected chi connectivity index (χ1v) is 9.33. The molecule has 128 valence electrons. The fraction of sp³-hybridized carbons (Fsp3) is 0.143. The van der Waals surface area contributed by atoms with E-state index in [4.69, 9.17) is 14.2 Å². The molecule has 0 aliphatic rings. The summed E-state index contributed by atoms with van der Waals surface area (Å²) in [5, 5.41) is 3.62. The largest absolute Gasteiger partial charge is 0.493 e. The van der Waals surface area contributed by atoms with Crippen LogP contribution in [0.4, 0.5) is 0 Å². The van der Waals surface area contributed by atoms with E-state index in [0.29, 0.717) is 11.5 Å². The molecule has 0 saturated carbocycles. The highest BCUT2D eigenvalue weighted by molar-refractivity contribution is 7.80. The van der Waals surface area contributed by atoms with E-state index in [1.807, 2.05) is 18.2 Å². The van der Waals surface area contributed by atoms with Crippen molar-refractivity contribution in [1.82, 2.24) is 0 Å². The van der Waals surface area contributed by atoms with Gasteiger partial charge >= 0.3 is 0 Å². The average Bonchev–Trinajstić information content (AvgIpc) is 2.69. The van der Waals surface area contributed by atoms with Crippen LogP contribution in [0, 0.1) is 0 Å². The number of methoxy groups -OCH3 is 3. The molecular weight excluding hydrogens is 331 g/mol. The maximum absolute atomic E-state index is 5.75. The van der Waals surface area contributed by atoms with Crippen LogP contribution in [0.15, 0.2) is 72.8 Å². The Morgan fingerprint density at radius 2 is 1.08 bits per heavy atom. The first kappa shape index (κ1) is 17.3. The van der Waals surface area contributed by atoms with Crippen molar-refractivity contribution in [3.05, 3.63) is 72.8 Å². The molecule has 0 unspecified atom stereocenters. The molecule has 0 bridgehead atoms. The third-order valence-electron chi connectivity index (χ3n) is 3.95. The Bertz CT molecular complexity index is 780. The summed E-state index contributed by atoms with van der Waals surface area (Å²) >= 11 is 0. The molecule has 0 radical (unpaired) electrons. The molecule has 0 aromatic heterocycles. The normalized spacial score (nSPS) is 10.6. The zero-order valence-electron chi connectivity index (χ0n) is 14.6. The van der Waals surface area contributed by atoms with Gasteiger partial charge in [-0.05, 0) is 30.7 Å². The lowest BCUT2D eigenvalue weighted by molar-refractivity contribution is 0.326. The minimum atomic E-state index is -0.772. The number of ether oxygens (including phenoxy) is 3. The number of hydrogen-bond acceptors (Lipinski definition) is 3. The Balaban J connectivity index is 2.24. The molecule has 0 aliphatic heterocycles. The lowest BCUT2D eigenvalue weighted by Crippen LogP contribution is -2.22. The second kappa shape index (κ2) is 8.04. The maximum Gasteiger partial charge on any atom is 0.203 e. The smallest absolute Gasteiger partial charge is 0.203 e. The van der Waals surface area contributed by atoms with Crippen LogP contribution in [0.5, 0.6) is 17.2 Å². The fourth-order valence-corrected chi connectivity index (χ4v) is 5.26. The quantitative estimate of drug-likeness (QED) is 0.636. The summed E-state index contributed by atoms with van der Waals surface area (Å²) in [6.07, 6.45) is 0. The van der Waals surface area contributed by atoms with Gasteiger partial charge in [-0.15, -0.1) is 0 Å². The number of rotatable bonds is 6. The zero-order valence-corrected chi connectivity index (χ0v) is 15.5. The molecule has 0 N–H and O–H groups in total. The third kappa shape index (κ3) is 3.47. The predicted octanol–water partition coefficient (Wildman–Crippen LogP) is 3.47. The van der Waals surface area contributed by atoms with Crippen molar-refractivity contribution in [3.8, 4) is 17.2 Å². The van der Waals surface area contributed by atoms with E-state index in [1.165, 1.54) is 10.6 Å². The van der Waals surface area contributed by atoms with Crippen LogP contribution in [0.25, 0.3) is 0 Å². The molecule has 0 aliphatic carbocycles. The highest BCUT2D eigenvalue weighted by Gasteiger charge is 2.24. The van der Waals surface area contributed by atoms with E-state index in [9.17, 15) is 0 Å². The SMILES string of the molecule is COc1ccc(P(c2ccccc2)c2ccccc2)c(OC)c1OC. The van der Waals surface area contributed by atoms with Gasteiger partial charge in [0.1, 0.15) is 0 Å². The molecular formula is C21H21O3P. The van der Waals surface area contributed by atoms with Crippen molar-refractivity contribution < 1.29 is 14.2 Å². The first-order valence-electron chi connectivity index (χ1n) is 7.99. The van der Waals surface area contributed by atoms with Gasteiger partial charge in [0.15, 0.2) is 11.5 Å². The molecule has 4 heteroatoms. The van der Waals surface area contributed by atoms with Gasteiger partial charge in [-0.1, -0.05) is 60.7 Å². The van der Waals surface area contributed by atoms with Gasteiger partial charge < -0.3 is 14.2 Å². The molecule has 3 aromatic rings. The maximum atomic E-state index is 5.75. The van der Waals surface area contributed by atoms with Crippen molar-refractivity contribution >= 4 is 23.8 Å². The molecule has 0 fully saturated rings. The fourth-order valence-electron chi connectivity index (χ4n) is 2.84. The van der Waals surface area contributed by atoms with Crippen LogP contribution in [0.1, 0.15) is 0 Å². The topological polar surface area (TPSA) is 27.7 Å². The van der Waals surface area contributed by atoms with Gasteiger partial charge in [-0.2, -0.15) is 0 Å². The van der Waals surface area contributed by atoms with E-state index in [-0.39, 0.29) is 0 Å².